The Morgan fingerprint density at radius 3 is 2.67 bits per heavy atom. The van der Waals surface area contributed by atoms with Gasteiger partial charge in [-0.15, -0.1) is 0 Å². The fourth-order valence-electron chi connectivity index (χ4n) is 2.01. The molecule has 1 saturated carbocycles. The van der Waals surface area contributed by atoms with Crippen molar-refractivity contribution in [1.82, 2.24) is 5.32 Å². The van der Waals surface area contributed by atoms with Crippen molar-refractivity contribution in [2.24, 2.45) is 5.92 Å². The highest BCUT2D eigenvalue weighted by Gasteiger charge is 2.33. The van der Waals surface area contributed by atoms with Gasteiger partial charge in [0.05, 0.1) is 6.42 Å². The molecule has 1 atom stereocenters. The van der Waals surface area contributed by atoms with E-state index in [4.69, 9.17) is 9.84 Å². The molecule has 7 heteroatoms. The maximum absolute atomic E-state index is 13.3. The third-order valence-corrected chi connectivity index (χ3v) is 3.18. The summed E-state index contributed by atoms with van der Waals surface area (Å²) in [5, 5.41) is 11.3. The average molecular weight is 299 g/mol. The molecular formula is C14H15F2NO4. The van der Waals surface area contributed by atoms with E-state index in [1.807, 2.05) is 0 Å². The summed E-state index contributed by atoms with van der Waals surface area (Å²) in [6, 6.07) is 2.34. The van der Waals surface area contributed by atoms with Crippen LogP contribution in [-0.4, -0.2) is 29.6 Å². The van der Waals surface area contributed by atoms with E-state index in [9.17, 15) is 18.4 Å². The minimum absolute atomic E-state index is 0.151. The van der Waals surface area contributed by atoms with Gasteiger partial charge in [0, 0.05) is 12.1 Å². The summed E-state index contributed by atoms with van der Waals surface area (Å²) in [7, 11) is 0. The monoisotopic (exact) mass is 299 g/mol. The second-order valence-corrected chi connectivity index (χ2v) is 4.97. The number of hydrogen-bond donors (Lipinski definition) is 2. The van der Waals surface area contributed by atoms with Gasteiger partial charge in [-0.2, -0.15) is 0 Å². The fourth-order valence-corrected chi connectivity index (χ4v) is 2.01. The Morgan fingerprint density at radius 1 is 1.38 bits per heavy atom. The van der Waals surface area contributed by atoms with Crippen LogP contribution in [0.2, 0.25) is 0 Å². The van der Waals surface area contributed by atoms with Crippen molar-refractivity contribution >= 4 is 11.9 Å². The number of benzene rings is 1. The van der Waals surface area contributed by atoms with Gasteiger partial charge in [-0.25, -0.2) is 8.78 Å². The summed E-state index contributed by atoms with van der Waals surface area (Å²) in [6.07, 6.45) is 1.61. The first-order chi connectivity index (χ1) is 9.95. The molecule has 1 aliphatic carbocycles. The zero-order chi connectivity index (χ0) is 15.4. The molecule has 114 valence electrons. The lowest BCUT2D eigenvalue weighted by molar-refractivity contribution is -0.138. The molecule has 1 fully saturated rings. The number of amides is 1. The number of halogens is 2. The number of nitrogens with one attached hydrogen (secondary N) is 1. The van der Waals surface area contributed by atoms with Gasteiger partial charge in [0.15, 0.2) is 18.2 Å². The Labute approximate surface area is 119 Å². The van der Waals surface area contributed by atoms with Crippen LogP contribution in [0.25, 0.3) is 0 Å². The van der Waals surface area contributed by atoms with Crippen molar-refractivity contribution in [2.45, 2.75) is 25.3 Å². The van der Waals surface area contributed by atoms with Crippen molar-refractivity contribution in [3.8, 4) is 5.75 Å². The number of carbonyl (C=O) groups excluding carboxylic acids is 1. The average Bonchev–Trinajstić information content (AvgIpc) is 3.20. The quantitative estimate of drug-likeness (QED) is 0.803. The van der Waals surface area contributed by atoms with Crippen LogP contribution in [0.3, 0.4) is 0 Å². The van der Waals surface area contributed by atoms with E-state index < -0.39 is 36.2 Å². The predicted octanol–water partition coefficient (Wildman–Crippen LogP) is 1.71. The Morgan fingerprint density at radius 2 is 2.10 bits per heavy atom. The minimum atomic E-state index is -0.988. The third-order valence-electron chi connectivity index (χ3n) is 3.18. The van der Waals surface area contributed by atoms with E-state index in [-0.39, 0.29) is 18.1 Å². The Kier molecular flexibility index (Phi) is 4.72. The van der Waals surface area contributed by atoms with Crippen molar-refractivity contribution in [3.05, 3.63) is 29.8 Å². The van der Waals surface area contributed by atoms with E-state index >= 15 is 0 Å². The van der Waals surface area contributed by atoms with E-state index in [0.29, 0.717) is 6.07 Å². The zero-order valence-corrected chi connectivity index (χ0v) is 11.1. The molecule has 0 saturated heterocycles. The molecule has 0 radical (unpaired) electrons. The van der Waals surface area contributed by atoms with Gasteiger partial charge in [-0.05, 0) is 30.9 Å². The number of ether oxygens (including phenoxy) is 1. The number of aliphatic carboxylic acids is 1. The van der Waals surface area contributed by atoms with E-state index in [1.165, 1.54) is 0 Å². The largest absolute Gasteiger partial charge is 0.481 e. The topological polar surface area (TPSA) is 75.6 Å². The summed E-state index contributed by atoms with van der Waals surface area (Å²) in [5.41, 5.74) is 0. The van der Waals surface area contributed by atoms with Crippen LogP contribution in [0, 0.1) is 17.6 Å². The number of carboxylic acid groups (broad SMARTS) is 1. The number of hydrogen-bond acceptors (Lipinski definition) is 3. The second kappa shape index (κ2) is 6.51. The van der Waals surface area contributed by atoms with E-state index in [1.54, 1.807) is 0 Å². The molecule has 0 spiro atoms. The lowest BCUT2D eigenvalue weighted by atomic mass is 10.1. The van der Waals surface area contributed by atoms with Gasteiger partial charge in [0.25, 0.3) is 5.91 Å². The van der Waals surface area contributed by atoms with Crippen LogP contribution in [-0.2, 0) is 9.59 Å². The van der Waals surface area contributed by atoms with Crippen LogP contribution in [0.4, 0.5) is 8.78 Å². The van der Waals surface area contributed by atoms with Crippen molar-refractivity contribution in [2.75, 3.05) is 6.61 Å². The first kappa shape index (κ1) is 15.2. The molecule has 0 heterocycles. The molecular weight excluding hydrogens is 284 g/mol. The van der Waals surface area contributed by atoms with Crippen molar-refractivity contribution in [1.29, 1.82) is 0 Å². The maximum atomic E-state index is 13.3. The van der Waals surface area contributed by atoms with Crippen LogP contribution < -0.4 is 10.1 Å². The zero-order valence-electron chi connectivity index (χ0n) is 11.1. The molecule has 0 bridgehead atoms. The molecule has 0 aromatic heterocycles. The molecule has 1 aliphatic rings. The van der Waals surface area contributed by atoms with Gasteiger partial charge in [-0.3, -0.25) is 9.59 Å². The Bertz CT molecular complexity index is 546. The van der Waals surface area contributed by atoms with Crippen LogP contribution >= 0.6 is 0 Å². The molecule has 1 amide bonds. The van der Waals surface area contributed by atoms with Gasteiger partial charge in [0.1, 0.15) is 5.82 Å². The smallest absolute Gasteiger partial charge is 0.305 e. The SMILES string of the molecule is O=C(O)CC(NC(=O)COc1ccc(F)cc1F)C1CC1. The molecule has 1 aromatic rings. The van der Waals surface area contributed by atoms with E-state index in [0.717, 1.165) is 25.0 Å². The highest BCUT2D eigenvalue weighted by molar-refractivity contribution is 5.79. The third kappa shape index (κ3) is 4.70. The van der Waals surface area contributed by atoms with Gasteiger partial charge in [-0.1, -0.05) is 0 Å². The second-order valence-electron chi connectivity index (χ2n) is 4.97. The molecule has 1 aromatic carbocycles. The fraction of sp³-hybridized carbons (Fsp3) is 0.429. The number of carbonyl (C=O) groups is 2. The summed E-state index contributed by atoms with van der Waals surface area (Å²) >= 11 is 0. The molecule has 2 N–H and O–H groups in total. The summed E-state index contributed by atoms with van der Waals surface area (Å²) in [6.45, 7) is -0.453. The van der Waals surface area contributed by atoms with Crippen LogP contribution in [0.1, 0.15) is 19.3 Å². The molecule has 0 aliphatic heterocycles. The predicted molar refractivity (Wildman–Crippen MR) is 68.8 cm³/mol. The minimum Gasteiger partial charge on any atom is -0.481 e. The van der Waals surface area contributed by atoms with E-state index in [2.05, 4.69) is 5.32 Å². The highest BCUT2D eigenvalue weighted by atomic mass is 19.1. The van der Waals surface area contributed by atoms with Gasteiger partial charge >= 0.3 is 5.97 Å². The summed E-state index contributed by atoms with van der Waals surface area (Å²) in [4.78, 5) is 22.4. The first-order valence-electron chi connectivity index (χ1n) is 6.54. The first-order valence-corrected chi connectivity index (χ1v) is 6.54. The lowest BCUT2D eigenvalue weighted by Gasteiger charge is -2.16. The Hall–Kier alpha value is -2.18. The van der Waals surface area contributed by atoms with Gasteiger partial charge in [0.2, 0.25) is 0 Å². The van der Waals surface area contributed by atoms with Crippen LogP contribution in [0.15, 0.2) is 18.2 Å². The highest BCUT2D eigenvalue weighted by Crippen LogP contribution is 2.34. The molecule has 2 rings (SSSR count). The standard InChI is InChI=1S/C14H15F2NO4/c15-9-3-4-12(10(16)5-9)21-7-13(18)17-11(6-14(19)20)8-1-2-8/h3-5,8,11H,1-2,6-7H2,(H,17,18)(H,19,20). The Balaban J connectivity index is 1.84. The molecule has 21 heavy (non-hydrogen) atoms. The molecule has 5 nitrogen and oxygen atoms in total. The van der Waals surface area contributed by atoms with Crippen LogP contribution in [0.5, 0.6) is 5.75 Å². The maximum Gasteiger partial charge on any atom is 0.305 e. The number of carboxylic acids is 1. The normalized spacial score (nSPS) is 15.3. The summed E-state index contributed by atoms with van der Waals surface area (Å²) < 4.78 is 31.0. The van der Waals surface area contributed by atoms with Crippen molar-refractivity contribution < 1.29 is 28.2 Å². The number of rotatable bonds is 7. The lowest BCUT2D eigenvalue weighted by Crippen LogP contribution is -2.40. The van der Waals surface area contributed by atoms with Crippen molar-refractivity contribution in [3.63, 3.8) is 0 Å². The molecule has 1 unspecified atom stereocenters. The van der Waals surface area contributed by atoms with Gasteiger partial charge < -0.3 is 15.2 Å². The summed E-state index contributed by atoms with van der Waals surface area (Å²) in [5.74, 6) is -3.21.